The van der Waals surface area contributed by atoms with Crippen LogP contribution in [0.25, 0.3) is 22.5 Å². The van der Waals surface area contributed by atoms with Crippen molar-refractivity contribution in [2.75, 3.05) is 31.1 Å². The second-order valence-corrected chi connectivity index (χ2v) is 10.9. The monoisotopic (exact) mass is 551 g/mol. The van der Waals surface area contributed by atoms with Gasteiger partial charge < -0.3 is 14.6 Å². The first kappa shape index (κ1) is 25.9. The quantitative estimate of drug-likeness (QED) is 0.295. The largest absolute Gasteiger partial charge is 0.453 e. The molecular weight excluding hydrogens is 522 g/mol. The van der Waals surface area contributed by atoms with E-state index in [1.54, 1.807) is 12.1 Å². The molecule has 1 aliphatic carbocycles. The molecule has 0 radical (unpaired) electrons. The van der Waals surface area contributed by atoms with Crippen LogP contribution >= 0.6 is 0 Å². The number of rotatable bonds is 5. The van der Waals surface area contributed by atoms with Crippen LogP contribution in [0.5, 0.6) is 0 Å². The lowest BCUT2D eigenvalue weighted by Gasteiger charge is -2.30. The molecule has 7 nitrogen and oxygen atoms in total. The van der Waals surface area contributed by atoms with Crippen molar-refractivity contribution in [2.24, 2.45) is 0 Å². The molecule has 7 rings (SSSR count). The highest BCUT2D eigenvalue weighted by molar-refractivity contribution is 6.02. The number of piperazine rings is 1. The summed E-state index contributed by atoms with van der Waals surface area (Å²) < 4.78 is 6.35. The van der Waals surface area contributed by atoms with E-state index in [1.165, 1.54) is 12.0 Å². The van der Waals surface area contributed by atoms with Crippen LogP contribution in [0.15, 0.2) is 95.9 Å². The minimum Gasteiger partial charge on any atom is -0.453 e. The van der Waals surface area contributed by atoms with Gasteiger partial charge in [-0.15, -0.1) is 0 Å². The van der Waals surface area contributed by atoms with Crippen LogP contribution < -0.4 is 10.2 Å². The number of hydrogen-bond acceptors (Lipinski definition) is 7. The van der Waals surface area contributed by atoms with Gasteiger partial charge in [0.05, 0.1) is 17.6 Å². The summed E-state index contributed by atoms with van der Waals surface area (Å²) in [6, 6.07) is 26.2. The summed E-state index contributed by atoms with van der Waals surface area (Å²) in [6.07, 6.45) is 6.28. The highest BCUT2D eigenvalue weighted by Crippen LogP contribution is 2.40. The van der Waals surface area contributed by atoms with Gasteiger partial charge >= 0.3 is 0 Å². The van der Waals surface area contributed by atoms with Gasteiger partial charge in [-0.05, 0) is 71.1 Å². The van der Waals surface area contributed by atoms with Crippen LogP contribution in [0.3, 0.4) is 0 Å². The molecule has 1 unspecified atom stereocenters. The first-order chi connectivity index (χ1) is 20.7. The van der Waals surface area contributed by atoms with Gasteiger partial charge in [-0.2, -0.15) is 5.26 Å². The van der Waals surface area contributed by atoms with Crippen LogP contribution in [-0.4, -0.2) is 41.9 Å². The van der Waals surface area contributed by atoms with E-state index in [2.05, 4.69) is 56.6 Å². The summed E-state index contributed by atoms with van der Waals surface area (Å²) in [6.45, 7) is 3.82. The molecule has 0 saturated carbocycles. The summed E-state index contributed by atoms with van der Waals surface area (Å²) in [5.41, 5.74) is 8.70. The van der Waals surface area contributed by atoms with Gasteiger partial charge in [-0.1, -0.05) is 30.3 Å². The lowest BCUT2D eigenvalue weighted by atomic mass is 9.84. The number of anilines is 1. The van der Waals surface area contributed by atoms with E-state index in [4.69, 9.17) is 4.42 Å². The van der Waals surface area contributed by atoms with Gasteiger partial charge in [0.2, 0.25) is 5.78 Å². The number of carbonyl (C=O) groups excluding carboxylic acids is 1. The fourth-order valence-electron chi connectivity index (χ4n) is 6.17. The van der Waals surface area contributed by atoms with Crippen LogP contribution in [0, 0.1) is 11.3 Å². The normalized spacial score (nSPS) is 16.3. The zero-order valence-corrected chi connectivity index (χ0v) is 23.1. The third-order valence-electron chi connectivity index (χ3n) is 8.33. The lowest BCUT2D eigenvalue weighted by molar-refractivity contribution is 0.0932. The zero-order chi connectivity index (χ0) is 28.5. The average Bonchev–Trinajstić information content (AvgIpc) is 3.44. The fraction of sp³-hybridized carbons (Fsp3) is 0.200. The van der Waals surface area contributed by atoms with Gasteiger partial charge in [0.15, 0.2) is 5.76 Å². The molecular formula is C35H29N5O2. The second kappa shape index (κ2) is 11.1. The highest BCUT2D eigenvalue weighted by atomic mass is 16.3. The summed E-state index contributed by atoms with van der Waals surface area (Å²) in [7, 11) is 0. The Hall–Kier alpha value is -5.06. The van der Waals surface area contributed by atoms with E-state index < -0.39 is 5.92 Å². The van der Waals surface area contributed by atoms with Crippen molar-refractivity contribution >= 4 is 11.5 Å². The topological polar surface area (TPSA) is 95.0 Å². The Morgan fingerprint density at radius 1 is 0.929 bits per heavy atom. The first-order valence-electron chi connectivity index (χ1n) is 14.3. The SMILES string of the molecule is N#Cc1ccc(-c2cc3c(o2)C(=O)C(Cc2ccccc2-c2cncnc2)c2ccc(N4CCNCC4)cc2C3)cc1. The summed E-state index contributed by atoms with van der Waals surface area (Å²) in [5.74, 6) is 0.627. The molecule has 1 fully saturated rings. The lowest BCUT2D eigenvalue weighted by Crippen LogP contribution is -2.43. The van der Waals surface area contributed by atoms with Crippen molar-refractivity contribution in [1.82, 2.24) is 15.3 Å². The van der Waals surface area contributed by atoms with Gasteiger partial charge in [-0.25, -0.2) is 9.97 Å². The van der Waals surface area contributed by atoms with Crippen molar-refractivity contribution in [3.05, 3.63) is 125 Å². The number of carbonyl (C=O) groups is 1. The Kier molecular flexibility index (Phi) is 6.82. The Balaban J connectivity index is 1.33. The first-order valence-corrected chi connectivity index (χ1v) is 14.3. The number of ketones is 1. The maximum Gasteiger partial charge on any atom is 0.206 e. The van der Waals surface area contributed by atoms with Crippen LogP contribution in [-0.2, 0) is 12.8 Å². The summed E-state index contributed by atoms with van der Waals surface area (Å²) in [4.78, 5) is 25.2. The van der Waals surface area contributed by atoms with E-state index in [1.807, 2.05) is 42.7 Å². The maximum absolute atomic E-state index is 14.4. The Bertz CT molecular complexity index is 1800. The number of nitrogens with one attached hydrogen (secondary N) is 1. The predicted molar refractivity (Wildman–Crippen MR) is 161 cm³/mol. The summed E-state index contributed by atoms with van der Waals surface area (Å²) in [5, 5.41) is 12.6. The van der Waals surface area contributed by atoms with E-state index in [9.17, 15) is 10.1 Å². The van der Waals surface area contributed by atoms with Crippen molar-refractivity contribution in [3.63, 3.8) is 0 Å². The van der Waals surface area contributed by atoms with Gasteiger partial charge in [0, 0.05) is 67.4 Å². The Morgan fingerprint density at radius 2 is 1.71 bits per heavy atom. The second-order valence-electron chi connectivity index (χ2n) is 10.9. The molecule has 1 atom stereocenters. The highest BCUT2D eigenvalue weighted by Gasteiger charge is 2.34. The third kappa shape index (κ3) is 4.87. The minimum atomic E-state index is -0.413. The molecule has 3 aromatic carbocycles. The maximum atomic E-state index is 14.4. The van der Waals surface area contributed by atoms with Crippen molar-refractivity contribution in [2.45, 2.75) is 18.8 Å². The molecule has 7 heteroatoms. The number of nitrogens with zero attached hydrogens (tertiary/aromatic N) is 4. The molecule has 42 heavy (non-hydrogen) atoms. The average molecular weight is 552 g/mol. The number of hydrogen-bond donors (Lipinski definition) is 1. The van der Waals surface area contributed by atoms with Crippen LogP contribution in [0.1, 0.15) is 44.3 Å². The third-order valence-corrected chi connectivity index (χ3v) is 8.33. The van der Waals surface area contributed by atoms with Gasteiger partial charge in [0.1, 0.15) is 12.1 Å². The molecule has 1 aliphatic heterocycles. The molecule has 0 bridgehead atoms. The molecule has 0 amide bonds. The van der Waals surface area contributed by atoms with E-state index >= 15 is 0 Å². The standard InChI is InChI=1S/C35H29N5O2/c36-19-23-5-7-24(8-6-23)33-18-27-15-26-16-29(40-13-11-37-12-14-40)9-10-31(26)32(34(41)35(27)42-33)17-25-3-1-2-4-30(25)28-20-38-22-39-21-28/h1-10,16,18,20-22,32,37H,11-15,17H2. The smallest absolute Gasteiger partial charge is 0.206 e. The molecule has 2 aromatic heterocycles. The Morgan fingerprint density at radius 3 is 2.50 bits per heavy atom. The molecule has 1 N–H and O–H groups in total. The van der Waals surface area contributed by atoms with E-state index in [-0.39, 0.29) is 5.78 Å². The molecule has 5 aromatic rings. The number of furan rings is 1. The number of fused-ring (bicyclic) bond motifs is 2. The zero-order valence-electron chi connectivity index (χ0n) is 23.1. The van der Waals surface area contributed by atoms with Crippen LogP contribution in [0.2, 0.25) is 0 Å². The molecule has 206 valence electrons. The van der Waals surface area contributed by atoms with Crippen LogP contribution in [0.4, 0.5) is 5.69 Å². The van der Waals surface area contributed by atoms with Crippen molar-refractivity contribution < 1.29 is 9.21 Å². The van der Waals surface area contributed by atoms with E-state index in [0.29, 0.717) is 29.9 Å². The molecule has 2 aliphatic rings. The predicted octanol–water partition coefficient (Wildman–Crippen LogP) is 5.80. The number of aromatic nitrogens is 2. The fourth-order valence-corrected chi connectivity index (χ4v) is 6.17. The molecule has 1 saturated heterocycles. The molecule has 3 heterocycles. The number of nitriles is 1. The number of benzene rings is 3. The van der Waals surface area contributed by atoms with Crippen molar-refractivity contribution in [3.8, 4) is 28.5 Å². The van der Waals surface area contributed by atoms with Gasteiger partial charge in [0.25, 0.3) is 0 Å². The minimum absolute atomic E-state index is 0.0160. The Labute approximate surface area is 244 Å². The van der Waals surface area contributed by atoms with E-state index in [0.717, 1.165) is 65.1 Å². The number of Topliss-reactive ketones (excluding diaryl/α,β-unsaturated/α-hetero) is 1. The summed E-state index contributed by atoms with van der Waals surface area (Å²) >= 11 is 0. The van der Waals surface area contributed by atoms with Crippen molar-refractivity contribution in [1.29, 1.82) is 5.26 Å². The molecule has 0 spiro atoms. The van der Waals surface area contributed by atoms with Gasteiger partial charge in [-0.3, -0.25) is 4.79 Å².